The van der Waals surface area contributed by atoms with Gasteiger partial charge in [-0.2, -0.15) is 0 Å². The second-order valence-electron chi connectivity index (χ2n) is 10.2. The molecule has 6 heteroatoms. The van der Waals surface area contributed by atoms with Gasteiger partial charge in [-0.1, -0.05) is 13.8 Å². The van der Waals surface area contributed by atoms with Gasteiger partial charge in [-0.15, -0.1) is 0 Å². The summed E-state index contributed by atoms with van der Waals surface area (Å²) in [6.45, 7) is 4.57. The van der Waals surface area contributed by atoms with Crippen LogP contribution in [-0.2, 0) is 28.6 Å². The molecule has 0 aliphatic heterocycles. The lowest BCUT2D eigenvalue weighted by atomic mass is 9.47. The van der Waals surface area contributed by atoms with Crippen molar-refractivity contribution in [2.75, 3.05) is 21.3 Å². The minimum Gasteiger partial charge on any atom is -0.469 e. The monoisotopic (exact) mass is 410 g/mol. The molecule has 0 N–H and O–H groups in total. The molecule has 0 amide bonds. The van der Waals surface area contributed by atoms with E-state index in [0.717, 1.165) is 51.4 Å². The first kappa shape index (κ1) is 23.7. The number of methoxy groups -OCH3 is 3. The third-order valence-electron chi connectivity index (χ3n) is 7.30. The number of fused-ring (bicyclic) bond motifs is 2. The number of hydrogen-bond donors (Lipinski definition) is 0. The quantitative estimate of drug-likeness (QED) is 0.413. The lowest BCUT2D eigenvalue weighted by Gasteiger charge is -2.58. The second kappa shape index (κ2) is 9.48. The molecule has 29 heavy (non-hydrogen) atoms. The zero-order chi connectivity index (χ0) is 21.7. The van der Waals surface area contributed by atoms with Crippen LogP contribution in [0.4, 0.5) is 0 Å². The van der Waals surface area contributed by atoms with E-state index in [1.165, 1.54) is 21.3 Å². The molecule has 0 aromatic heterocycles. The van der Waals surface area contributed by atoms with Crippen LogP contribution in [0.2, 0.25) is 0 Å². The van der Waals surface area contributed by atoms with Crippen molar-refractivity contribution in [1.29, 1.82) is 0 Å². The van der Waals surface area contributed by atoms with E-state index >= 15 is 0 Å². The Morgan fingerprint density at radius 3 is 1.45 bits per heavy atom. The Bertz CT molecular complexity index is 574. The summed E-state index contributed by atoms with van der Waals surface area (Å²) in [7, 11) is 4.31. The number of esters is 3. The summed E-state index contributed by atoms with van der Waals surface area (Å²) in [5.41, 5.74) is 0.179. The van der Waals surface area contributed by atoms with Crippen LogP contribution >= 0.6 is 0 Å². The molecule has 6 nitrogen and oxygen atoms in total. The summed E-state index contributed by atoms with van der Waals surface area (Å²) < 4.78 is 14.6. The van der Waals surface area contributed by atoms with E-state index < -0.39 is 0 Å². The van der Waals surface area contributed by atoms with Crippen molar-refractivity contribution in [3.63, 3.8) is 0 Å². The smallest absolute Gasteiger partial charge is 0.305 e. The Morgan fingerprint density at radius 1 is 0.690 bits per heavy atom. The van der Waals surface area contributed by atoms with Crippen LogP contribution in [0.5, 0.6) is 0 Å². The molecule has 2 aliphatic carbocycles. The van der Waals surface area contributed by atoms with E-state index in [1.54, 1.807) is 0 Å². The summed E-state index contributed by atoms with van der Waals surface area (Å²) in [6, 6.07) is 0. The van der Waals surface area contributed by atoms with Crippen molar-refractivity contribution in [1.82, 2.24) is 0 Å². The van der Waals surface area contributed by atoms with Crippen LogP contribution < -0.4 is 0 Å². The Labute approximate surface area is 175 Å². The van der Waals surface area contributed by atoms with Gasteiger partial charge in [0.1, 0.15) is 0 Å². The van der Waals surface area contributed by atoms with Gasteiger partial charge in [-0.3, -0.25) is 14.4 Å². The zero-order valence-corrected chi connectivity index (χ0v) is 18.8. The second-order valence-corrected chi connectivity index (χ2v) is 10.2. The van der Waals surface area contributed by atoms with Gasteiger partial charge in [0.05, 0.1) is 21.3 Å². The predicted molar refractivity (Wildman–Crippen MR) is 109 cm³/mol. The number of rotatable bonds is 9. The van der Waals surface area contributed by atoms with Crippen molar-refractivity contribution < 1.29 is 28.6 Å². The average molecular weight is 411 g/mol. The van der Waals surface area contributed by atoms with Gasteiger partial charge in [0, 0.05) is 19.3 Å². The highest BCUT2D eigenvalue weighted by atomic mass is 16.5. The van der Waals surface area contributed by atoms with E-state index in [1.807, 2.05) is 0 Å². The van der Waals surface area contributed by atoms with Crippen LogP contribution in [0, 0.1) is 22.2 Å². The van der Waals surface area contributed by atoms with Gasteiger partial charge in [-0.05, 0) is 73.5 Å². The van der Waals surface area contributed by atoms with E-state index in [-0.39, 0.29) is 34.2 Å². The Hall–Kier alpha value is -1.59. The first-order chi connectivity index (χ1) is 13.6. The first-order valence-corrected chi connectivity index (χ1v) is 10.8. The fourth-order valence-corrected chi connectivity index (χ4v) is 6.53. The van der Waals surface area contributed by atoms with E-state index in [2.05, 4.69) is 13.8 Å². The molecule has 2 atom stereocenters. The molecule has 2 bridgehead atoms. The SMILES string of the molecule is COC(=O)CCC1(C)CC2CC(C)(CCC(=O)OC)CC(CCC(=O)OC)(C2)C1. The van der Waals surface area contributed by atoms with Crippen molar-refractivity contribution in [2.45, 2.75) is 84.5 Å². The number of carbonyl (C=O) groups excluding carboxylic acids is 3. The summed E-state index contributed by atoms with van der Waals surface area (Å²) in [4.78, 5) is 35.4. The predicted octanol–water partition coefficient (Wildman–Crippen LogP) is 4.44. The van der Waals surface area contributed by atoms with Crippen LogP contribution in [0.1, 0.15) is 84.5 Å². The fourth-order valence-electron chi connectivity index (χ4n) is 6.53. The third kappa shape index (κ3) is 6.45. The maximum absolute atomic E-state index is 11.9. The highest BCUT2D eigenvalue weighted by Crippen LogP contribution is 2.63. The van der Waals surface area contributed by atoms with E-state index in [4.69, 9.17) is 14.2 Å². The highest BCUT2D eigenvalue weighted by molar-refractivity contribution is 5.70. The first-order valence-electron chi connectivity index (χ1n) is 10.8. The molecule has 2 fully saturated rings. The van der Waals surface area contributed by atoms with E-state index in [9.17, 15) is 14.4 Å². The van der Waals surface area contributed by atoms with Crippen molar-refractivity contribution in [3.05, 3.63) is 0 Å². The molecule has 2 saturated carbocycles. The van der Waals surface area contributed by atoms with Crippen molar-refractivity contribution in [2.24, 2.45) is 22.2 Å². The third-order valence-corrected chi connectivity index (χ3v) is 7.30. The van der Waals surface area contributed by atoms with Crippen LogP contribution in [0.3, 0.4) is 0 Å². The molecule has 0 aromatic carbocycles. The zero-order valence-electron chi connectivity index (χ0n) is 18.8. The van der Waals surface area contributed by atoms with Gasteiger partial charge >= 0.3 is 17.9 Å². The lowest BCUT2D eigenvalue weighted by Crippen LogP contribution is -2.48. The molecule has 0 aromatic rings. The van der Waals surface area contributed by atoms with Crippen LogP contribution in [-0.4, -0.2) is 39.2 Å². The molecule has 0 radical (unpaired) electrons. The Kier molecular flexibility index (Phi) is 7.74. The lowest BCUT2D eigenvalue weighted by molar-refractivity contribution is -0.144. The van der Waals surface area contributed by atoms with Crippen molar-refractivity contribution >= 4 is 17.9 Å². The van der Waals surface area contributed by atoms with E-state index in [0.29, 0.717) is 25.2 Å². The molecule has 0 heterocycles. The van der Waals surface area contributed by atoms with Crippen LogP contribution in [0.25, 0.3) is 0 Å². The topological polar surface area (TPSA) is 78.9 Å². The highest BCUT2D eigenvalue weighted by Gasteiger charge is 2.53. The minimum absolute atomic E-state index is 0.0467. The van der Waals surface area contributed by atoms with Gasteiger partial charge in [0.25, 0.3) is 0 Å². The number of carbonyl (C=O) groups is 3. The molecular formula is C23H38O6. The van der Waals surface area contributed by atoms with Gasteiger partial charge < -0.3 is 14.2 Å². The summed E-state index contributed by atoms with van der Waals surface area (Å²) >= 11 is 0. The largest absolute Gasteiger partial charge is 0.469 e. The molecule has 2 rings (SSSR count). The van der Waals surface area contributed by atoms with Gasteiger partial charge in [0.15, 0.2) is 0 Å². The fraction of sp³-hybridized carbons (Fsp3) is 0.870. The molecular weight excluding hydrogens is 372 g/mol. The van der Waals surface area contributed by atoms with Crippen molar-refractivity contribution in [3.8, 4) is 0 Å². The van der Waals surface area contributed by atoms with Gasteiger partial charge in [0.2, 0.25) is 0 Å². The normalized spacial score (nSPS) is 33.6. The Balaban J connectivity index is 2.18. The maximum Gasteiger partial charge on any atom is 0.305 e. The average Bonchev–Trinajstić information content (AvgIpc) is 2.67. The van der Waals surface area contributed by atoms with Gasteiger partial charge in [-0.25, -0.2) is 0 Å². The number of ether oxygens (including phenoxy) is 3. The summed E-state index contributed by atoms with van der Waals surface area (Å²) in [6.07, 6.45) is 9.00. The molecule has 166 valence electrons. The minimum atomic E-state index is -0.167. The molecule has 2 unspecified atom stereocenters. The maximum atomic E-state index is 11.9. The standard InChI is InChI=1S/C23H38O6/c1-21(9-6-18(24)27-3)12-17-13-22(2,10-7-19(25)28-4)16-23(14-17,15-21)11-8-20(26)29-5/h17H,6-16H2,1-5H3. The molecule has 0 spiro atoms. The number of hydrogen-bond acceptors (Lipinski definition) is 6. The molecule has 2 aliphatic rings. The summed E-state index contributed by atoms with van der Waals surface area (Å²) in [5.74, 6) is 0.0574. The Morgan fingerprint density at radius 2 is 1.07 bits per heavy atom. The molecule has 0 saturated heterocycles. The summed E-state index contributed by atoms with van der Waals surface area (Å²) in [5, 5.41) is 0. The van der Waals surface area contributed by atoms with Crippen LogP contribution in [0.15, 0.2) is 0 Å².